The summed E-state index contributed by atoms with van der Waals surface area (Å²) in [6.07, 6.45) is 1.00. The Hall–Kier alpha value is -1.51. The Morgan fingerprint density at radius 2 is 1.75 bits per heavy atom. The van der Waals surface area contributed by atoms with Gasteiger partial charge in [0, 0.05) is 5.02 Å². The van der Waals surface area contributed by atoms with Crippen LogP contribution in [-0.4, -0.2) is 6.61 Å². The van der Waals surface area contributed by atoms with Gasteiger partial charge in [0.25, 0.3) is 0 Å². The molecule has 0 amide bonds. The second-order valence-corrected chi connectivity index (χ2v) is 5.31. The predicted molar refractivity (Wildman–Crippen MR) is 84.4 cm³/mol. The Balaban J connectivity index is 2.15. The summed E-state index contributed by atoms with van der Waals surface area (Å²) in [5.74, 6) is 0.879. The van der Waals surface area contributed by atoms with E-state index in [4.69, 9.17) is 22.1 Å². The molecule has 0 saturated carbocycles. The van der Waals surface area contributed by atoms with Gasteiger partial charge in [-0.3, -0.25) is 0 Å². The molecule has 1 atom stereocenters. The van der Waals surface area contributed by atoms with Crippen LogP contribution in [0.15, 0.2) is 42.5 Å². The van der Waals surface area contributed by atoms with Crippen molar-refractivity contribution in [3.05, 3.63) is 64.2 Å². The lowest BCUT2D eigenvalue weighted by molar-refractivity contribution is 0.317. The molecule has 0 heterocycles. The van der Waals surface area contributed by atoms with Gasteiger partial charge in [0.05, 0.1) is 12.6 Å². The average Bonchev–Trinajstić information content (AvgIpc) is 2.48. The maximum absolute atomic E-state index is 6.29. The first-order valence-electron chi connectivity index (χ1n) is 6.86. The van der Waals surface area contributed by atoms with Crippen LogP contribution in [0.4, 0.5) is 0 Å². The van der Waals surface area contributed by atoms with Crippen molar-refractivity contribution in [3.8, 4) is 5.75 Å². The number of halogens is 1. The van der Waals surface area contributed by atoms with Crippen LogP contribution in [0, 0.1) is 6.92 Å². The quantitative estimate of drug-likeness (QED) is 0.880. The smallest absolute Gasteiger partial charge is 0.119 e. The molecule has 0 spiro atoms. The molecule has 0 aliphatic rings. The van der Waals surface area contributed by atoms with Gasteiger partial charge in [0.1, 0.15) is 5.75 Å². The fraction of sp³-hybridized carbons (Fsp3) is 0.294. The third-order valence-corrected chi connectivity index (χ3v) is 3.67. The minimum Gasteiger partial charge on any atom is -0.494 e. The summed E-state index contributed by atoms with van der Waals surface area (Å²) in [4.78, 5) is 0. The number of nitrogens with two attached hydrogens (primary N) is 1. The third kappa shape index (κ3) is 3.53. The van der Waals surface area contributed by atoms with E-state index in [-0.39, 0.29) is 6.04 Å². The van der Waals surface area contributed by atoms with Gasteiger partial charge in [-0.2, -0.15) is 0 Å². The maximum atomic E-state index is 6.29. The summed E-state index contributed by atoms with van der Waals surface area (Å²) in [6.45, 7) is 4.81. The topological polar surface area (TPSA) is 35.2 Å². The van der Waals surface area contributed by atoms with Crippen LogP contribution in [0.3, 0.4) is 0 Å². The van der Waals surface area contributed by atoms with E-state index in [1.807, 2.05) is 49.4 Å². The third-order valence-electron chi connectivity index (χ3n) is 3.27. The van der Waals surface area contributed by atoms with Crippen molar-refractivity contribution >= 4 is 11.6 Å². The van der Waals surface area contributed by atoms with Gasteiger partial charge in [-0.25, -0.2) is 0 Å². The number of rotatable bonds is 5. The maximum Gasteiger partial charge on any atom is 0.119 e. The first kappa shape index (κ1) is 14.9. The van der Waals surface area contributed by atoms with Gasteiger partial charge in [0.15, 0.2) is 0 Å². The van der Waals surface area contributed by atoms with Crippen LogP contribution in [0.1, 0.15) is 36.1 Å². The van der Waals surface area contributed by atoms with Crippen molar-refractivity contribution in [1.82, 2.24) is 0 Å². The van der Waals surface area contributed by atoms with Crippen molar-refractivity contribution in [2.45, 2.75) is 26.3 Å². The SMILES string of the molecule is CCCOc1ccc(C(N)c2ccc(C)c(Cl)c2)cc1. The lowest BCUT2D eigenvalue weighted by atomic mass is 9.99. The molecule has 0 radical (unpaired) electrons. The van der Waals surface area contributed by atoms with Crippen LogP contribution < -0.4 is 10.5 Å². The fourth-order valence-corrected chi connectivity index (χ4v) is 2.18. The fourth-order valence-electron chi connectivity index (χ4n) is 1.99. The summed E-state index contributed by atoms with van der Waals surface area (Å²) < 4.78 is 5.57. The molecule has 0 bridgehead atoms. The largest absolute Gasteiger partial charge is 0.494 e. The molecule has 0 saturated heterocycles. The molecule has 0 fully saturated rings. The Labute approximate surface area is 125 Å². The molecular weight excluding hydrogens is 270 g/mol. The Morgan fingerprint density at radius 1 is 1.10 bits per heavy atom. The zero-order valence-corrected chi connectivity index (χ0v) is 12.7. The van der Waals surface area contributed by atoms with Crippen molar-refractivity contribution in [1.29, 1.82) is 0 Å². The molecule has 0 aliphatic heterocycles. The molecular formula is C17H20ClNO. The lowest BCUT2D eigenvalue weighted by Gasteiger charge is -2.14. The molecule has 2 aromatic carbocycles. The van der Waals surface area contributed by atoms with E-state index in [0.29, 0.717) is 0 Å². The van der Waals surface area contributed by atoms with Crippen LogP contribution >= 0.6 is 11.6 Å². The monoisotopic (exact) mass is 289 g/mol. The summed E-state index contributed by atoms with van der Waals surface area (Å²) >= 11 is 6.15. The van der Waals surface area contributed by atoms with Gasteiger partial charge < -0.3 is 10.5 Å². The Kier molecular flexibility index (Phi) is 5.05. The first-order valence-corrected chi connectivity index (χ1v) is 7.24. The normalized spacial score (nSPS) is 12.2. The zero-order valence-electron chi connectivity index (χ0n) is 11.9. The van der Waals surface area contributed by atoms with E-state index >= 15 is 0 Å². The zero-order chi connectivity index (χ0) is 14.5. The van der Waals surface area contributed by atoms with Gasteiger partial charge >= 0.3 is 0 Å². The van der Waals surface area contributed by atoms with E-state index in [2.05, 4.69) is 6.92 Å². The number of aryl methyl sites for hydroxylation is 1. The van der Waals surface area contributed by atoms with Gasteiger partial charge in [0.2, 0.25) is 0 Å². The number of hydrogen-bond acceptors (Lipinski definition) is 2. The van der Waals surface area contributed by atoms with Crippen molar-refractivity contribution in [2.75, 3.05) is 6.61 Å². The van der Waals surface area contributed by atoms with E-state index in [1.54, 1.807) is 0 Å². The van der Waals surface area contributed by atoms with Crippen LogP contribution in [-0.2, 0) is 0 Å². The summed E-state index contributed by atoms with van der Waals surface area (Å²) in [7, 11) is 0. The summed E-state index contributed by atoms with van der Waals surface area (Å²) in [6, 6.07) is 13.7. The molecule has 2 aromatic rings. The summed E-state index contributed by atoms with van der Waals surface area (Å²) in [5, 5.41) is 0.751. The van der Waals surface area contributed by atoms with Crippen molar-refractivity contribution in [2.24, 2.45) is 5.73 Å². The molecule has 0 aliphatic carbocycles. The number of benzene rings is 2. The molecule has 2 nitrogen and oxygen atoms in total. The van der Waals surface area contributed by atoms with Crippen LogP contribution in [0.25, 0.3) is 0 Å². The minimum absolute atomic E-state index is 0.173. The standard InChI is InChI=1S/C17H20ClNO/c1-3-10-20-15-8-6-13(7-9-15)17(19)14-5-4-12(2)16(18)11-14/h4-9,11,17H,3,10,19H2,1-2H3. The summed E-state index contributed by atoms with van der Waals surface area (Å²) in [5.41, 5.74) is 9.41. The highest BCUT2D eigenvalue weighted by atomic mass is 35.5. The van der Waals surface area contributed by atoms with Crippen LogP contribution in [0.5, 0.6) is 5.75 Å². The van der Waals surface area contributed by atoms with E-state index < -0.39 is 0 Å². The molecule has 1 unspecified atom stereocenters. The Bertz CT molecular complexity index is 566. The number of ether oxygens (including phenoxy) is 1. The van der Waals surface area contributed by atoms with Crippen LogP contribution in [0.2, 0.25) is 5.02 Å². The second-order valence-electron chi connectivity index (χ2n) is 4.90. The van der Waals surface area contributed by atoms with Crippen molar-refractivity contribution < 1.29 is 4.74 Å². The number of hydrogen-bond donors (Lipinski definition) is 1. The molecule has 106 valence electrons. The molecule has 0 aromatic heterocycles. The van der Waals surface area contributed by atoms with Gasteiger partial charge in [-0.05, 0) is 48.2 Å². The second kappa shape index (κ2) is 6.78. The van der Waals surface area contributed by atoms with E-state index in [1.165, 1.54) is 0 Å². The van der Waals surface area contributed by atoms with E-state index in [9.17, 15) is 0 Å². The molecule has 3 heteroatoms. The highest BCUT2D eigenvalue weighted by molar-refractivity contribution is 6.31. The molecule has 20 heavy (non-hydrogen) atoms. The lowest BCUT2D eigenvalue weighted by Crippen LogP contribution is -2.11. The van der Waals surface area contributed by atoms with Crippen molar-refractivity contribution in [3.63, 3.8) is 0 Å². The van der Waals surface area contributed by atoms with E-state index in [0.717, 1.165) is 40.5 Å². The average molecular weight is 290 g/mol. The highest BCUT2D eigenvalue weighted by Gasteiger charge is 2.10. The highest BCUT2D eigenvalue weighted by Crippen LogP contribution is 2.25. The van der Waals surface area contributed by atoms with Gasteiger partial charge in [-0.15, -0.1) is 0 Å². The predicted octanol–water partition coefficient (Wildman–Crippen LogP) is 4.49. The first-order chi connectivity index (χ1) is 9.61. The molecule has 2 rings (SSSR count). The molecule has 2 N–H and O–H groups in total. The Morgan fingerprint density at radius 3 is 2.35 bits per heavy atom. The van der Waals surface area contributed by atoms with Gasteiger partial charge in [-0.1, -0.05) is 42.8 Å². The minimum atomic E-state index is -0.173.